The molecule has 0 radical (unpaired) electrons. The summed E-state index contributed by atoms with van der Waals surface area (Å²) in [6, 6.07) is 12.5. The van der Waals surface area contributed by atoms with Crippen LogP contribution in [0, 0.1) is 11.8 Å². The molecule has 0 aromatic heterocycles. The van der Waals surface area contributed by atoms with Crippen LogP contribution in [0.15, 0.2) is 54.6 Å². The maximum Gasteiger partial charge on any atom is 0.381 e. The summed E-state index contributed by atoms with van der Waals surface area (Å²) in [6.45, 7) is 4.74. The number of rotatable bonds is 14. The van der Waals surface area contributed by atoms with Gasteiger partial charge in [0, 0.05) is 25.0 Å². The van der Waals surface area contributed by atoms with Crippen LogP contribution in [0.3, 0.4) is 0 Å². The van der Waals surface area contributed by atoms with Crippen molar-refractivity contribution < 1.29 is 28.0 Å². The zero-order valence-corrected chi connectivity index (χ0v) is 23.5. The van der Waals surface area contributed by atoms with Crippen LogP contribution >= 0.6 is 23.2 Å². The van der Waals surface area contributed by atoms with Gasteiger partial charge in [0.1, 0.15) is 0 Å². The van der Waals surface area contributed by atoms with Crippen molar-refractivity contribution >= 4 is 52.7 Å². The Labute approximate surface area is 237 Å². The van der Waals surface area contributed by atoms with Crippen molar-refractivity contribution in [3.63, 3.8) is 0 Å². The SMILES string of the molecule is CCCNC(=O)C(F)(F)C(=O)[C@@H](CC(=O)[C@H](Cc1ccccc1)NC(=O)/C=C/c1ccc(Cl)c(Cl)c1)C(C)C. The molecule has 0 spiro atoms. The van der Waals surface area contributed by atoms with E-state index in [0.29, 0.717) is 22.0 Å². The Morgan fingerprint density at radius 2 is 1.67 bits per heavy atom. The van der Waals surface area contributed by atoms with Gasteiger partial charge in [-0.3, -0.25) is 19.2 Å². The Bertz CT molecular complexity index is 1200. The zero-order chi connectivity index (χ0) is 29.2. The molecule has 10 heteroatoms. The minimum absolute atomic E-state index is 0.00605. The van der Waals surface area contributed by atoms with Gasteiger partial charge in [-0.2, -0.15) is 8.78 Å². The third kappa shape index (κ3) is 9.55. The highest BCUT2D eigenvalue weighted by atomic mass is 35.5. The average molecular weight is 581 g/mol. The lowest BCUT2D eigenvalue weighted by Crippen LogP contribution is -2.50. The number of amides is 2. The molecule has 6 nitrogen and oxygen atoms in total. The van der Waals surface area contributed by atoms with Crippen molar-refractivity contribution in [2.24, 2.45) is 11.8 Å². The summed E-state index contributed by atoms with van der Waals surface area (Å²) in [6.07, 6.45) is 2.63. The summed E-state index contributed by atoms with van der Waals surface area (Å²) in [5.74, 6) is -10.9. The molecule has 0 saturated heterocycles. The van der Waals surface area contributed by atoms with E-state index in [2.05, 4.69) is 5.32 Å². The van der Waals surface area contributed by atoms with Crippen molar-refractivity contribution in [2.45, 2.75) is 52.0 Å². The van der Waals surface area contributed by atoms with E-state index in [9.17, 15) is 28.0 Å². The molecule has 2 aromatic rings. The van der Waals surface area contributed by atoms with E-state index in [-0.39, 0.29) is 13.0 Å². The molecule has 0 fully saturated rings. The highest BCUT2D eigenvalue weighted by Gasteiger charge is 2.51. The number of hydrogen-bond donors (Lipinski definition) is 2. The molecule has 2 rings (SSSR count). The Balaban J connectivity index is 2.25. The summed E-state index contributed by atoms with van der Waals surface area (Å²) in [5.41, 5.74) is 1.32. The standard InChI is InChI=1S/C29H32Cl2F2N2O4/c1-4-14-34-28(39)29(32,33)27(38)21(18(2)3)17-25(36)24(16-19-8-6-5-7-9-19)35-26(37)13-11-20-10-12-22(30)23(31)15-20/h5-13,15,18,21,24H,4,14,16-17H2,1-3H3,(H,34,39)(H,35,37)/b13-11+/t21-,24-/m0/s1. The highest BCUT2D eigenvalue weighted by molar-refractivity contribution is 6.42. The van der Waals surface area contributed by atoms with Crippen LogP contribution in [0.25, 0.3) is 6.08 Å². The fourth-order valence-electron chi connectivity index (χ4n) is 3.79. The molecule has 0 aliphatic carbocycles. The molecule has 0 aliphatic rings. The predicted octanol–water partition coefficient (Wildman–Crippen LogP) is 5.70. The van der Waals surface area contributed by atoms with Crippen molar-refractivity contribution in [3.05, 3.63) is 75.8 Å². The van der Waals surface area contributed by atoms with E-state index >= 15 is 0 Å². The van der Waals surface area contributed by atoms with Gasteiger partial charge >= 0.3 is 5.92 Å². The number of carbonyl (C=O) groups excluding carboxylic acids is 4. The number of benzene rings is 2. The lowest BCUT2D eigenvalue weighted by Gasteiger charge is -2.26. The van der Waals surface area contributed by atoms with Gasteiger partial charge in [0.05, 0.1) is 16.1 Å². The van der Waals surface area contributed by atoms with E-state index in [0.717, 1.165) is 5.56 Å². The van der Waals surface area contributed by atoms with Crippen LogP contribution in [0.5, 0.6) is 0 Å². The van der Waals surface area contributed by atoms with Gasteiger partial charge in [-0.1, -0.05) is 80.4 Å². The summed E-state index contributed by atoms with van der Waals surface area (Å²) in [7, 11) is 0. The molecule has 2 amide bonds. The van der Waals surface area contributed by atoms with Crippen LogP contribution in [0.1, 0.15) is 44.7 Å². The fourth-order valence-corrected chi connectivity index (χ4v) is 4.09. The number of ketones is 2. The molecule has 39 heavy (non-hydrogen) atoms. The summed E-state index contributed by atoms with van der Waals surface area (Å²) in [4.78, 5) is 50.8. The summed E-state index contributed by atoms with van der Waals surface area (Å²) in [5, 5.41) is 5.33. The molecule has 2 aromatic carbocycles. The second-order valence-electron chi connectivity index (χ2n) is 9.47. The summed E-state index contributed by atoms with van der Waals surface area (Å²) >= 11 is 11.9. The number of hydrogen-bond acceptors (Lipinski definition) is 4. The van der Waals surface area contributed by atoms with E-state index < -0.39 is 53.6 Å². The minimum atomic E-state index is -4.29. The quantitative estimate of drug-likeness (QED) is 0.221. The maximum absolute atomic E-state index is 14.7. The second kappa shape index (κ2) is 14.9. The number of carbonyl (C=O) groups is 4. The van der Waals surface area contributed by atoms with Crippen molar-refractivity contribution in [3.8, 4) is 0 Å². The predicted molar refractivity (Wildman–Crippen MR) is 149 cm³/mol. The Morgan fingerprint density at radius 3 is 2.26 bits per heavy atom. The Kier molecular flexibility index (Phi) is 12.3. The molecular weight excluding hydrogens is 549 g/mol. The zero-order valence-electron chi connectivity index (χ0n) is 22.0. The first kappa shape index (κ1) is 32.1. The average Bonchev–Trinajstić information content (AvgIpc) is 2.90. The van der Waals surface area contributed by atoms with Crippen LogP contribution < -0.4 is 10.6 Å². The fraction of sp³-hybridized carbons (Fsp3) is 0.379. The first-order chi connectivity index (χ1) is 18.4. The minimum Gasteiger partial charge on any atom is -0.350 e. The van der Waals surface area contributed by atoms with Crippen molar-refractivity contribution in [2.75, 3.05) is 6.54 Å². The van der Waals surface area contributed by atoms with Crippen LogP contribution in [0.2, 0.25) is 10.0 Å². The molecule has 2 atom stereocenters. The topological polar surface area (TPSA) is 92.3 Å². The van der Waals surface area contributed by atoms with Gasteiger partial charge in [-0.25, -0.2) is 0 Å². The molecule has 0 unspecified atom stereocenters. The first-order valence-electron chi connectivity index (χ1n) is 12.6. The van der Waals surface area contributed by atoms with Gasteiger partial charge in [-0.05, 0) is 48.1 Å². The highest BCUT2D eigenvalue weighted by Crippen LogP contribution is 2.28. The van der Waals surface area contributed by atoms with Crippen molar-refractivity contribution in [1.82, 2.24) is 10.6 Å². The first-order valence-corrected chi connectivity index (χ1v) is 13.3. The van der Waals surface area contributed by atoms with E-state index in [1.165, 1.54) is 26.0 Å². The van der Waals surface area contributed by atoms with Gasteiger partial charge in [0.15, 0.2) is 5.78 Å². The Morgan fingerprint density at radius 1 is 1.00 bits per heavy atom. The largest absolute Gasteiger partial charge is 0.381 e. The molecule has 2 N–H and O–H groups in total. The molecule has 0 bridgehead atoms. The number of Topliss-reactive ketones (excluding diaryl/α,β-unsaturated/α-hetero) is 2. The normalized spacial score (nSPS) is 13.2. The lowest BCUT2D eigenvalue weighted by molar-refractivity contribution is -0.162. The molecule has 0 saturated carbocycles. The Hall–Kier alpha value is -3.10. The second-order valence-corrected chi connectivity index (χ2v) is 10.3. The third-order valence-electron chi connectivity index (χ3n) is 6.05. The monoisotopic (exact) mass is 580 g/mol. The van der Waals surface area contributed by atoms with Crippen LogP contribution in [-0.2, 0) is 25.6 Å². The number of alkyl halides is 2. The lowest BCUT2D eigenvalue weighted by atomic mass is 9.82. The van der Waals surface area contributed by atoms with E-state index in [1.807, 2.05) is 5.32 Å². The molecule has 0 aliphatic heterocycles. The summed E-state index contributed by atoms with van der Waals surface area (Å²) < 4.78 is 29.4. The van der Waals surface area contributed by atoms with Gasteiger partial charge in [0.2, 0.25) is 11.7 Å². The van der Waals surface area contributed by atoms with E-state index in [4.69, 9.17) is 23.2 Å². The van der Waals surface area contributed by atoms with Gasteiger partial charge in [-0.15, -0.1) is 0 Å². The van der Waals surface area contributed by atoms with Gasteiger partial charge < -0.3 is 10.6 Å². The molecular formula is C29H32Cl2F2N2O4. The van der Waals surface area contributed by atoms with Crippen LogP contribution in [0.4, 0.5) is 8.78 Å². The van der Waals surface area contributed by atoms with Crippen LogP contribution in [-0.4, -0.2) is 41.9 Å². The molecule has 0 heterocycles. The van der Waals surface area contributed by atoms with Gasteiger partial charge in [0.25, 0.3) is 5.91 Å². The van der Waals surface area contributed by atoms with E-state index in [1.54, 1.807) is 55.5 Å². The third-order valence-corrected chi connectivity index (χ3v) is 6.79. The van der Waals surface area contributed by atoms with Crippen molar-refractivity contribution in [1.29, 1.82) is 0 Å². The smallest absolute Gasteiger partial charge is 0.350 e. The molecule has 210 valence electrons. The maximum atomic E-state index is 14.7. The number of halogens is 4. The number of nitrogens with one attached hydrogen (secondary N) is 2.